The van der Waals surface area contributed by atoms with Crippen molar-refractivity contribution >= 4 is 28.3 Å². The van der Waals surface area contributed by atoms with Gasteiger partial charge in [0.15, 0.2) is 0 Å². The Morgan fingerprint density at radius 3 is 2.56 bits per heavy atom. The summed E-state index contributed by atoms with van der Waals surface area (Å²) in [4.78, 5) is 12.9. The standard InChI is InChI=1S/C15H15NOS/c1-11-10-15(18-12(11)2)16-14(17)9-8-13-6-4-3-5-7-13/h3-10H,1-2H3,(H,16,17)/b9-8+. The van der Waals surface area contributed by atoms with Crippen LogP contribution in [0.1, 0.15) is 16.0 Å². The minimum absolute atomic E-state index is 0.0971. The summed E-state index contributed by atoms with van der Waals surface area (Å²) in [7, 11) is 0. The average molecular weight is 257 g/mol. The first kappa shape index (κ1) is 12.6. The van der Waals surface area contributed by atoms with Gasteiger partial charge in [0.2, 0.25) is 5.91 Å². The molecule has 92 valence electrons. The van der Waals surface area contributed by atoms with Gasteiger partial charge in [-0.05, 0) is 37.1 Å². The molecule has 1 aromatic carbocycles. The molecule has 0 atom stereocenters. The molecule has 1 aromatic heterocycles. The van der Waals surface area contributed by atoms with Crippen molar-refractivity contribution < 1.29 is 4.79 Å². The Hall–Kier alpha value is -1.87. The molecule has 0 saturated carbocycles. The molecule has 0 aliphatic carbocycles. The van der Waals surface area contributed by atoms with Gasteiger partial charge < -0.3 is 5.32 Å². The van der Waals surface area contributed by atoms with Crippen LogP contribution in [0.3, 0.4) is 0 Å². The Balaban J connectivity index is 1.99. The Bertz CT molecular complexity index is 550. The third kappa shape index (κ3) is 3.31. The monoisotopic (exact) mass is 257 g/mol. The summed E-state index contributed by atoms with van der Waals surface area (Å²) < 4.78 is 0. The van der Waals surface area contributed by atoms with Crippen LogP contribution >= 0.6 is 11.3 Å². The number of benzene rings is 1. The van der Waals surface area contributed by atoms with E-state index in [9.17, 15) is 4.79 Å². The van der Waals surface area contributed by atoms with E-state index in [2.05, 4.69) is 12.2 Å². The molecule has 0 aliphatic heterocycles. The van der Waals surface area contributed by atoms with Crippen LogP contribution in [0.15, 0.2) is 42.5 Å². The molecule has 0 fully saturated rings. The molecule has 2 rings (SSSR count). The molecule has 0 aliphatic rings. The number of rotatable bonds is 3. The van der Waals surface area contributed by atoms with E-state index < -0.39 is 0 Å². The van der Waals surface area contributed by atoms with Crippen LogP contribution in [0.25, 0.3) is 6.08 Å². The maximum Gasteiger partial charge on any atom is 0.248 e. The Morgan fingerprint density at radius 1 is 1.22 bits per heavy atom. The van der Waals surface area contributed by atoms with Crippen LogP contribution in [-0.2, 0) is 4.79 Å². The summed E-state index contributed by atoms with van der Waals surface area (Å²) in [5.41, 5.74) is 2.23. The van der Waals surface area contributed by atoms with Gasteiger partial charge in [-0.1, -0.05) is 30.3 Å². The van der Waals surface area contributed by atoms with Crippen molar-refractivity contribution in [1.29, 1.82) is 0 Å². The van der Waals surface area contributed by atoms with Gasteiger partial charge in [-0.15, -0.1) is 11.3 Å². The van der Waals surface area contributed by atoms with Crippen LogP contribution in [0.4, 0.5) is 5.00 Å². The molecular formula is C15H15NOS. The average Bonchev–Trinajstić information content (AvgIpc) is 2.67. The third-order valence-electron chi connectivity index (χ3n) is 2.64. The van der Waals surface area contributed by atoms with Gasteiger partial charge in [0.25, 0.3) is 0 Å². The van der Waals surface area contributed by atoms with Crippen molar-refractivity contribution in [2.45, 2.75) is 13.8 Å². The number of amides is 1. The largest absolute Gasteiger partial charge is 0.314 e. The van der Waals surface area contributed by atoms with E-state index in [4.69, 9.17) is 0 Å². The summed E-state index contributed by atoms with van der Waals surface area (Å²) in [5, 5.41) is 3.76. The lowest BCUT2D eigenvalue weighted by atomic mass is 10.2. The highest BCUT2D eigenvalue weighted by atomic mass is 32.1. The van der Waals surface area contributed by atoms with Crippen molar-refractivity contribution in [3.8, 4) is 0 Å². The number of hydrogen-bond donors (Lipinski definition) is 1. The highest BCUT2D eigenvalue weighted by Gasteiger charge is 2.03. The predicted octanol–water partition coefficient (Wildman–Crippen LogP) is 4.02. The summed E-state index contributed by atoms with van der Waals surface area (Å²) in [5.74, 6) is -0.0971. The number of hydrogen-bond acceptors (Lipinski definition) is 2. The molecule has 0 saturated heterocycles. The minimum Gasteiger partial charge on any atom is -0.314 e. The van der Waals surface area contributed by atoms with Crippen LogP contribution in [-0.4, -0.2) is 5.91 Å². The first-order valence-electron chi connectivity index (χ1n) is 5.76. The van der Waals surface area contributed by atoms with Crippen molar-refractivity contribution in [2.24, 2.45) is 0 Å². The number of aryl methyl sites for hydroxylation is 2. The van der Waals surface area contributed by atoms with Crippen molar-refractivity contribution in [1.82, 2.24) is 0 Å². The fourth-order valence-corrected chi connectivity index (χ4v) is 2.47. The van der Waals surface area contributed by atoms with Crippen LogP contribution in [0.5, 0.6) is 0 Å². The second kappa shape index (κ2) is 5.65. The minimum atomic E-state index is -0.0971. The molecule has 1 N–H and O–H groups in total. The van der Waals surface area contributed by atoms with E-state index in [0.29, 0.717) is 0 Å². The van der Waals surface area contributed by atoms with Gasteiger partial charge in [-0.2, -0.15) is 0 Å². The Labute approximate surface area is 111 Å². The SMILES string of the molecule is Cc1cc(NC(=O)/C=C/c2ccccc2)sc1C. The van der Waals surface area contributed by atoms with Crippen LogP contribution in [0.2, 0.25) is 0 Å². The summed E-state index contributed by atoms with van der Waals surface area (Å²) in [6.45, 7) is 4.09. The normalized spacial score (nSPS) is 10.8. The first-order valence-corrected chi connectivity index (χ1v) is 6.58. The number of anilines is 1. The molecular weight excluding hydrogens is 242 g/mol. The van der Waals surface area contributed by atoms with E-state index in [1.807, 2.05) is 49.4 Å². The number of carbonyl (C=O) groups is 1. The molecule has 0 radical (unpaired) electrons. The maximum atomic E-state index is 11.7. The fraction of sp³-hybridized carbons (Fsp3) is 0.133. The predicted molar refractivity (Wildman–Crippen MR) is 77.9 cm³/mol. The highest BCUT2D eigenvalue weighted by molar-refractivity contribution is 7.16. The second-order valence-corrected chi connectivity index (χ2v) is 5.34. The van der Waals surface area contributed by atoms with Gasteiger partial charge in [0.1, 0.15) is 0 Å². The molecule has 2 nitrogen and oxygen atoms in total. The number of thiophene rings is 1. The van der Waals surface area contributed by atoms with Crippen LogP contribution in [0, 0.1) is 13.8 Å². The quantitative estimate of drug-likeness (QED) is 0.827. The van der Waals surface area contributed by atoms with E-state index in [1.165, 1.54) is 10.4 Å². The summed E-state index contributed by atoms with van der Waals surface area (Å²) in [6.07, 6.45) is 3.36. The topological polar surface area (TPSA) is 29.1 Å². The van der Waals surface area contributed by atoms with Crippen molar-refractivity contribution in [3.05, 3.63) is 58.5 Å². The first-order chi connectivity index (χ1) is 8.65. The molecule has 0 bridgehead atoms. The zero-order valence-corrected chi connectivity index (χ0v) is 11.3. The fourth-order valence-electron chi connectivity index (χ4n) is 1.53. The van der Waals surface area contributed by atoms with Crippen LogP contribution < -0.4 is 5.32 Å². The lowest BCUT2D eigenvalue weighted by Crippen LogP contribution is -2.05. The lowest BCUT2D eigenvalue weighted by molar-refractivity contribution is -0.111. The van der Waals surface area contributed by atoms with E-state index in [-0.39, 0.29) is 5.91 Å². The number of carbonyl (C=O) groups excluding carboxylic acids is 1. The maximum absolute atomic E-state index is 11.7. The molecule has 0 unspecified atom stereocenters. The van der Waals surface area contributed by atoms with Gasteiger partial charge in [0.05, 0.1) is 5.00 Å². The smallest absolute Gasteiger partial charge is 0.248 e. The van der Waals surface area contributed by atoms with Gasteiger partial charge in [-0.25, -0.2) is 0 Å². The molecule has 1 heterocycles. The molecule has 1 amide bonds. The summed E-state index contributed by atoms with van der Waals surface area (Å²) in [6, 6.07) is 11.8. The zero-order chi connectivity index (χ0) is 13.0. The summed E-state index contributed by atoms with van der Waals surface area (Å²) >= 11 is 1.60. The second-order valence-electron chi connectivity index (χ2n) is 4.08. The Kier molecular flexibility index (Phi) is 3.95. The molecule has 2 aromatic rings. The highest BCUT2D eigenvalue weighted by Crippen LogP contribution is 2.25. The molecule has 3 heteroatoms. The van der Waals surface area contributed by atoms with Gasteiger partial charge >= 0.3 is 0 Å². The van der Waals surface area contributed by atoms with E-state index >= 15 is 0 Å². The van der Waals surface area contributed by atoms with Gasteiger partial charge in [0, 0.05) is 11.0 Å². The van der Waals surface area contributed by atoms with E-state index in [0.717, 1.165) is 10.6 Å². The molecule has 0 spiro atoms. The van der Waals surface area contributed by atoms with Crippen molar-refractivity contribution in [3.63, 3.8) is 0 Å². The van der Waals surface area contributed by atoms with Crippen molar-refractivity contribution in [2.75, 3.05) is 5.32 Å². The zero-order valence-electron chi connectivity index (χ0n) is 10.4. The van der Waals surface area contributed by atoms with E-state index in [1.54, 1.807) is 17.4 Å². The third-order valence-corrected chi connectivity index (χ3v) is 3.71. The Morgan fingerprint density at radius 2 is 1.94 bits per heavy atom. The van der Waals surface area contributed by atoms with Gasteiger partial charge in [-0.3, -0.25) is 4.79 Å². The number of nitrogens with one attached hydrogen (secondary N) is 1. The molecule has 18 heavy (non-hydrogen) atoms. The lowest BCUT2D eigenvalue weighted by Gasteiger charge is -1.96.